The first-order chi connectivity index (χ1) is 10.9. The fraction of sp³-hybridized carbons (Fsp3) is 0.842. The lowest BCUT2D eigenvalue weighted by molar-refractivity contribution is -0.132. The van der Waals surface area contributed by atoms with Crippen LogP contribution >= 0.6 is 22.6 Å². The Balaban J connectivity index is 1.69. The topological polar surface area (TPSA) is 51.2 Å². The summed E-state index contributed by atoms with van der Waals surface area (Å²) in [6, 6.07) is 0. The van der Waals surface area contributed by atoms with E-state index < -0.39 is 0 Å². The van der Waals surface area contributed by atoms with Gasteiger partial charge in [0.25, 0.3) is 0 Å². The molecule has 0 saturated heterocycles. The molecule has 0 amide bonds. The molecule has 0 N–H and O–H groups in total. The van der Waals surface area contributed by atoms with Gasteiger partial charge in [-0.25, -0.2) is 0 Å². The summed E-state index contributed by atoms with van der Waals surface area (Å²) >= 11 is 2.12. The van der Waals surface area contributed by atoms with Crippen LogP contribution in [0.3, 0.4) is 0 Å². The Morgan fingerprint density at radius 3 is 2.35 bits per heavy atom. The number of hydrogen-bond acceptors (Lipinski definition) is 3. The van der Waals surface area contributed by atoms with E-state index in [1.807, 2.05) is 13.8 Å². The summed E-state index contributed by atoms with van der Waals surface area (Å²) in [5.74, 6) is 2.09. The second-order valence-corrected chi connectivity index (χ2v) is 9.22. The maximum Gasteiger partial charge on any atom is 0.149 e. The van der Waals surface area contributed by atoms with Gasteiger partial charge in [0.15, 0.2) is 0 Å². The average molecular weight is 432 g/mol. The van der Waals surface area contributed by atoms with Gasteiger partial charge in [0.05, 0.1) is 3.92 Å². The molecule has 4 heteroatoms. The summed E-state index contributed by atoms with van der Waals surface area (Å²) in [5, 5.41) is 0. The van der Waals surface area contributed by atoms with Crippen molar-refractivity contribution < 1.29 is 14.4 Å². The first kappa shape index (κ1) is 19.1. The zero-order valence-electron chi connectivity index (χ0n) is 14.4. The molecule has 0 aromatic rings. The standard InChI is InChI=1S/C19H29IO3/c1-12(2)18(22)14-8-6-13(7-9-14)4-3-5-15-10-16(21)11-17(20)19(15)23/h12-15,17H,3-11H2,1-2H3. The Morgan fingerprint density at radius 1 is 1.09 bits per heavy atom. The largest absolute Gasteiger partial charge is 0.300 e. The minimum Gasteiger partial charge on any atom is -0.300 e. The van der Waals surface area contributed by atoms with Gasteiger partial charge in [-0.2, -0.15) is 0 Å². The summed E-state index contributed by atoms with van der Waals surface area (Å²) in [6.45, 7) is 3.99. The number of carbonyl (C=O) groups excluding carboxylic acids is 3. The van der Waals surface area contributed by atoms with Crippen molar-refractivity contribution in [2.24, 2.45) is 23.7 Å². The molecule has 0 radical (unpaired) electrons. The van der Waals surface area contributed by atoms with Gasteiger partial charge in [-0.05, 0) is 38.0 Å². The molecule has 0 aromatic carbocycles. The molecule has 0 aliphatic heterocycles. The van der Waals surface area contributed by atoms with Crippen LogP contribution in [0.25, 0.3) is 0 Å². The van der Waals surface area contributed by atoms with E-state index in [-0.39, 0.29) is 33.2 Å². The molecule has 2 rings (SSSR count). The molecule has 2 fully saturated rings. The number of ketones is 3. The average Bonchev–Trinajstić information content (AvgIpc) is 2.51. The Bertz CT molecular complexity index is 450. The highest BCUT2D eigenvalue weighted by atomic mass is 127. The van der Waals surface area contributed by atoms with E-state index in [4.69, 9.17) is 0 Å². The van der Waals surface area contributed by atoms with Crippen molar-refractivity contribution in [3.05, 3.63) is 0 Å². The predicted octanol–water partition coefficient (Wildman–Crippen LogP) is 4.54. The monoisotopic (exact) mass is 432 g/mol. The van der Waals surface area contributed by atoms with Crippen LogP contribution < -0.4 is 0 Å². The third-order valence-electron chi connectivity index (χ3n) is 5.58. The van der Waals surface area contributed by atoms with E-state index in [2.05, 4.69) is 22.6 Å². The number of rotatable bonds is 6. The van der Waals surface area contributed by atoms with Crippen LogP contribution in [0.15, 0.2) is 0 Å². The number of hydrogen-bond donors (Lipinski definition) is 0. The van der Waals surface area contributed by atoms with E-state index in [9.17, 15) is 14.4 Å². The lowest BCUT2D eigenvalue weighted by Gasteiger charge is -2.29. The lowest BCUT2D eigenvalue weighted by atomic mass is 9.75. The number of halogens is 1. The first-order valence-electron chi connectivity index (χ1n) is 9.11. The normalized spacial score (nSPS) is 32.3. The molecule has 2 saturated carbocycles. The van der Waals surface area contributed by atoms with Gasteiger partial charge in [-0.15, -0.1) is 0 Å². The van der Waals surface area contributed by atoms with Crippen molar-refractivity contribution in [1.29, 1.82) is 0 Å². The molecule has 2 unspecified atom stereocenters. The zero-order valence-corrected chi connectivity index (χ0v) is 16.5. The van der Waals surface area contributed by atoms with E-state index in [1.165, 1.54) is 0 Å². The summed E-state index contributed by atoms with van der Waals surface area (Å²) in [5.41, 5.74) is 0. The lowest BCUT2D eigenvalue weighted by Crippen LogP contribution is -2.33. The zero-order chi connectivity index (χ0) is 17.0. The second-order valence-electron chi connectivity index (χ2n) is 7.72. The van der Waals surface area contributed by atoms with Crippen LogP contribution in [-0.2, 0) is 14.4 Å². The fourth-order valence-corrected chi connectivity index (χ4v) is 5.12. The minimum absolute atomic E-state index is 0.0305. The molecule has 2 aliphatic carbocycles. The van der Waals surface area contributed by atoms with E-state index in [0.717, 1.165) is 44.9 Å². The summed E-state index contributed by atoms with van der Waals surface area (Å²) < 4.78 is -0.101. The highest BCUT2D eigenvalue weighted by Gasteiger charge is 2.33. The van der Waals surface area contributed by atoms with Crippen molar-refractivity contribution in [2.45, 2.75) is 75.6 Å². The van der Waals surface area contributed by atoms with Crippen molar-refractivity contribution in [3.8, 4) is 0 Å². The molecule has 2 atom stereocenters. The minimum atomic E-state index is -0.101. The maximum absolute atomic E-state index is 12.1. The van der Waals surface area contributed by atoms with Crippen molar-refractivity contribution in [2.75, 3.05) is 0 Å². The molecule has 23 heavy (non-hydrogen) atoms. The van der Waals surface area contributed by atoms with E-state index in [1.54, 1.807) is 0 Å². The van der Waals surface area contributed by atoms with Crippen LogP contribution in [0.5, 0.6) is 0 Å². The third-order valence-corrected chi connectivity index (χ3v) is 6.63. The molecular weight excluding hydrogens is 403 g/mol. The van der Waals surface area contributed by atoms with Crippen LogP contribution in [0.2, 0.25) is 0 Å². The molecule has 2 aliphatic rings. The summed E-state index contributed by atoms with van der Waals surface area (Å²) in [6.07, 6.45) is 8.33. The third kappa shape index (κ3) is 5.36. The Kier molecular flexibility index (Phi) is 7.23. The predicted molar refractivity (Wildman–Crippen MR) is 99.7 cm³/mol. The first-order valence-corrected chi connectivity index (χ1v) is 10.4. The van der Waals surface area contributed by atoms with Gasteiger partial charge < -0.3 is 0 Å². The van der Waals surface area contributed by atoms with Crippen molar-refractivity contribution in [3.63, 3.8) is 0 Å². The summed E-state index contributed by atoms with van der Waals surface area (Å²) in [4.78, 5) is 35.9. The van der Waals surface area contributed by atoms with Crippen LogP contribution in [-0.4, -0.2) is 21.3 Å². The second kappa shape index (κ2) is 8.72. The highest BCUT2D eigenvalue weighted by Crippen LogP contribution is 2.35. The molecule has 0 spiro atoms. The van der Waals surface area contributed by atoms with Gasteiger partial charge in [-0.1, -0.05) is 49.3 Å². The smallest absolute Gasteiger partial charge is 0.149 e. The number of Topliss-reactive ketones (excluding diaryl/α,β-unsaturated/α-hetero) is 3. The molecule has 3 nitrogen and oxygen atoms in total. The molecule has 0 heterocycles. The highest BCUT2D eigenvalue weighted by molar-refractivity contribution is 14.1. The van der Waals surface area contributed by atoms with Crippen molar-refractivity contribution >= 4 is 39.9 Å². The maximum atomic E-state index is 12.1. The van der Waals surface area contributed by atoms with E-state index in [0.29, 0.717) is 24.5 Å². The van der Waals surface area contributed by atoms with Gasteiger partial charge in [0, 0.05) is 30.6 Å². The fourth-order valence-electron chi connectivity index (χ4n) is 4.12. The molecule has 130 valence electrons. The SMILES string of the molecule is CC(C)C(=O)C1CCC(CCCC2CC(=O)CC(I)C2=O)CC1. The van der Waals surface area contributed by atoms with Gasteiger partial charge >= 0.3 is 0 Å². The van der Waals surface area contributed by atoms with Gasteiger partial charge in [-0.3, -0.25) is 14.4 Å². The summed E-state index contributed by atoms with van der Waals surface area (Å²) in [7, 11) is 0. The quantitative estimate of drug-likeness (QED) is 0.458. The van der Waals surface area contributed by atoms with Gasteiger partial charge in [0.1, 0.15) is 17.3 Å². The molecule has 0 aromatic heterocycles. The Morgan fingerprint density at radius 2 is 1.74 bits per heavy atom. The number of carbonyl (C=O) groups is 3. The van der Waals surface area contributed by atoms with Gasteiger partial charge in [0.2, 0.25) is 0 Å². The van der Waals surface area contributed by atoms with Crippen LogP contribution in [0.4, 0.5) is 0 Å². The number of alkyl halides is 1. The Hall–Kier alpha value is -0.260. The Labute approximate surface area is 153 Å². The molecular formula is C19H29IO3. The van der Waals surface area contributed by atoms with E-state index >= 15 is 0 Å². The van der Waals surface area contributed by atoms with Crippen LogP contribution in [0.1, 0.15) is 71.6 Å². The van der Waals surface area contributed by atoms with Crippen LogP contribution in [0, 0.1) is 23.7 Å². The van der Waals surface area contributed by atoms with Crippen molar-refractivity contribution in [1.82, 2.24) is 0 Å². The molecule has 0 bridgehead atoms.